The van der Waals surface area contributed by atoms with Gasteiger partial charge in [0, 0.05) is 25.0 Å². The SMILES string of the molecule is CC(Cn1ccnc1)Nc1snc(N)c1OC(C)C. The summed E-state index contributed by atoms with van der Waals surface area (Å²) < 4.78 is 11.8. The zero-order valence-corrected chi connectivity index (χ0v) is 12.1. The highest BCUT2D eigenvalue weighted by Gasteiger charge is 2.16. The standard InChI is InChI=1S/C12H19N5OS/c1-8(2)18-10-11(13)16-19-12(10)15-9(3)6-17-5-4-14-7-17/h4-5,7-9,15H,6H2,1-3H3,(H2,13,16). The van der Waals surface area contributed by atoms with E-state index in [0.29, 0.717) is 11.6 Å². The predicted molar refractivity (Wildman–Crippen MR) is 77.6 cm³/mol. The van der Waals surface area contributed by atoms with Gasteiger partial charge in [0.25, 0.3) is 0 Å². The molecule has 0 aliphatic heterocycles. The molecule has 0 radical (unpaired) electrons. The molecule has 2 aromatic rings. The summed E-state index contributed by atoms with van der Waals surface area (Å²) in [5.41, 5.74) is 5.82. The molecule has 0 fully saturated rings. The number of nitrogens with two attached hydrogens (primary N) is 1. The van der Waals surface area contributed by atoms with E-state index in [9.17, 15) is 0 Å². The molecule has 2 aromatic heterocycles. The van der Waals surface area contributed by atoms with Crippen molar-refractivity contribution in [2.45, 2.75) is 39.5 Å². The number of aromatic nitrogens is 3. The molecule has 0 bridgehead atoms. The van der Waals surface area contributed by atoms with Gasteiger partial charge in [-0.2, -0.15) is 4.37 Å². The molecule has 0 saturated heterocycles. The lowest BCUT2D eigenvalue weighted by atomic mass is 10.3. The molecule has 7 heteroatoms. The van der Waals surface area contributed by atoms with Gasteiger partial charge < -0.3 is 20.4 Å². The van der Waals surface area contributed by atoms with Crippen LogP contribution in [0.1, 0.15) is 20.8 Å². The van der Waals surface area contributed by atoms with E-state index in [1.165, 1.54) is 11.5 Å². The van der Waals surface area contributed by atoms with Gasteiger partial charge in [-0.25, -0.2) is 4.98 Å². The molecule has 6 nitrogen and oxygen atoms in total. The second-order valence-electron chi connectivity index (χ2n) is 4.70. The maximum Gasteiger partial charge on any atom is 0.197 e. The normalized spacial score (nSPS) is 12.6. The van der Waals surface area contributed by atoms with E-state index in [4.69, 9.17) is 10.5 Å². The van der Waals surface area contributed by atoms with Crippen LogP contribution in [-0.2, 0) is 6.54 Å². The summed E-state index contributed by atoms with van der Waals surface area (Å²) in [6, 6.07) is 0.226. The highest BCUT2D eigenvalue weighted by molar-refractivity contribution is 7.11. The first-order chi connectivity index (χ1) is 9.06. The number of nitrogen functional groups attached to an aromatic ring is 1. The Hall–Kier alpha value is -1.76. The minimum Gasteiger partial charge on any atom is -0.484 e. The van der Waals surface area contributed by atoms with Crippen molar-refractivity contribution in [2.24, 2.45) is 0 Å². The van der Waals surface area contributed by atoms with Gasteiger partial charge in [0.2, 0.25) is 0 Å². The third kappa shape index (κ3) is 3.60. The lowest BCUT2D eigenvalue weighted by molar-refractivity contribution is 0.245. The first-order valence-corrected chi connectivity index (χ1v) is 6.97. The number of rotatable bonds is 6. The molecule has 0 aliphatic carbocycles. The molecule has 19 heavy (non-hydrogen) atoms. The summed E-state index contributed by atoms with van der Waals surface area (Å²) in [6.45, 7) is 6.85. The van der Waals surface area contributed by atoms with Crippen LogP contribution in [0.2, 0.25) is 0 Å². The lowest BCUT2D eigenvalue weighted by Gasteiger charge is -2.16. The molecule has 2 heterocycles. The molecular formula is C12H19N5OS. The fraction of sp³-hybridized carbons (Fsp3) is 0.500. The van der Waals surface area contributed by atoms with Gasteiger partial charge in [-0.15, -0.1) is 0 Å². The number of hydrogen-bond acceptors (Lipinski definition) is 6. The molecule has 3 N–H and O–H groups in total. The van der Waals surface area contributed by atoms with Gasteiger partial charge >= 0.3 is 0 Å². The Morgan fingerprint density at radius 3 is 2.89 bits per heavy atom. The topological polar surface area (TPSA) is 78.0 Å². The van der Waals surface area contributed by atoms with Crippen molar-refractivity contribution in [1.82, 2.24) is 13.9 Å². The molecule has 0 saturated carbocycles. The Morgan fingerprint density at radius 1 is 1.47 bits per heavy atom. The fourth-order valence-corrected chi connectivity index (χ4v) is 2.48. The average Bonchev–Trinajstić information content (AvgIpc) is 2.93. The van der Waals surface area contributed by atoms with Crippen LogP contribution in [0.15, 0.2) is 18.7 Å². The quantitative estimate of drug-likeness (QED) is 0.848. The van der Waals surface area contributed by atoms with Crippen LogP contribution in [0.25, 0.3) is 0 Å². The van der Waals surface area contributed by atoms with Crippen molar-refractivity contribution < 1.29 is 4.74 Å². The monoisotopic (exact) mass is 281 g/mol. The molecule has 2 rings (SSSR count). The molecule has 1 unspecified atom stereocenters. The number of anilines is 2. The maximum atomic E-state index is 5.82. The van der Waals surface area contributed by atoms with E-state index in [2.05, 4.69) is 21.6 Å². The Bertz CT molecular complexity index is 508. The van der Waals surface area contributed by atoms with Crippen LogP contribution < -0.4 is 15.8 Å². The Labute approximate surface area is 116 Å². The number of nitrogens with zero attached hydrogens (tertiary/aromatic N) is 3. The zero-order valence-electron chi connectivity index (χ0n) is 11.3. The summed E-state index contributed by atoms with van der Waals surface area (Å²) in [5.74, 6) is 1.09. The highest BCUT2D eigenvalue weighted by atomic mass is 32.1. The van der Waals surface area contributed by atoms with Gasteiger partial charge in [-0.05, 0) is 32.3 Å². The van der Waals surface area contributed by atoms with Crippen LogP contribution in [0.5, 0.6) is 5.75 Å². The first kappa shape index (κ1) is 13.7. The third-order valence-electron chi connectivity index (χ3n) is 2.45. The molecule has 0 spiro atoms. The largest absolute Gasteiger partial charge is 0.484 e. The van der Waals surface area contributed by atoms with Crippen molar-refractivity contribution in [3.8, 4) is 5.75 Å². The van der Waals surface area contributed by atoms with Crippen molar-refractivity contribution in [2.75, 3.05) is 11.1 Å². The molecular weight excluding hydrogens is 262 g/mol. The Kier molecular flexibility index (Phi) is 4.26. The Morgan fingerprint density at radius 2 is 2.26 bits per heavy atom. The van der Waals surface area contributed by atoms with Crippen LogP contribution in [-0.4, -0.2) is 26.1 Å². The van der Waals surface area contributed by atoms with Gasteiger partial charge in [0.15, 0.2) is 16.6 Å². The minimum atomic E-state index is 0.0724. The van der Waals surface area contributed by atoms with Crippen molar-refractivity contribution >= 4 is 22.4 Å². The van der Waals surface area contributed by atoms with E-state index < -0.39 is 0 Å². The van der Waals surface area contributed by atoms with E-state index >= 15 is 0 Å². The average molecular weight is 281 g/mol. The predicted octanol–water partition coefficient (Wildman–Crippen LogP) is 2.21. The second kappa shape index (κ2) is 5.92. The van der Waals surface area contributed by atoms with E-state index in [0.717, 1.165) is 11.5 Å². The maximum absolute atomic E-state index is 5.82. The summed E-state index contributed by atoms with van der Waals surface area (Å²) in [7, 11) is 0. The lowest BCUT2D eigenvalue weighted by Crippen LogP contribution is -2.21. The second-order valence-corrected chi connectivity index (χ2v) is 5.47. The number of ether oxygens (including phenoxy) is 1. The fourth-order valence-electron chi connectivity index (χ4n) is 1.72. The third-order valence-corrected chi connectivity index (χ3v) is 3.22. The van der Waals surface area contributed by atoms with Crippen LogP contribution in [0.4, 0.5) is 10.8 Å². The summed E-state index contributed by atoms with van der Waals surface area (Å²) in [5, 5.41) is 4.25. The molecule has 0 aliphatic rings. The van der Waals surface area contributed by atoms with Crippen molar-refractivity contribution in [3.63, 3.8) is 0 Å². The summed E-state index contributed by atoms with van der Waals surface area (Å²) in [4.78, 5) is 4.02. The molecule has 1 atom stereocenters. The number of imidazole rings is 1. The van der Waals surface area contributed by atoms with Crippen molar-refractivity contribution in [1.29, 1.82) is 0 Å². The van der Waals surface area contributed by atoms with Gasteiger partial charge in [0.05, 0.1) is 12.4 Å². The highest BCUT2D eigenvalue weighted by Crippen LogP contribution is 2.36. The van der Waals surface area contributed by atoms with Gasteiger partial charge in [-0.1, -0.05) is 0 Å². The zero-order chi connectivity index (χ0) is 13.8. The number of nitrogens with one attached hydrogen (secondary N) is 1. The summed E-state index contributed by atoms with van der Waals surface area (Å²) in [6.07, 6.45) is 5.57. The van der Waals surface area contributed by atoms with Crippen LogP contribution >= 0.6 is 11.5 Å². The number of hydrogen-bond donors (Lipinski definition) is 2. The van der Waals surface area contributed by atoms with E-state index in [-0.39, 0.29) is 12.1 Å². The first-order valence-electron chi connectivity index (χ1n) is 6.20. The van der Waals surface area contributed by atoms with E-state index in [1.807, 2.05) is 24.6 Å². The van der Waals surface area contributed by atoms with Gasteiger partial charge in [0.1, 0.15) is 0 Å². The van der Waals surface area contributed by atoms with Gasteiger partial charge in [-0.3, -0.25) is 0 Å². The minimum absolute atomic E-state index is 0.0724. The molecule has 104 valence electrons. The molecule has 0 aromatic carbocycles. The van der Waals surface area contributed by atoms with Crippen LogP contribution in [0, 0.1) is 0 Å². The Balaban J connectivity index is 2.02. The molecule has 0 amide bonds. The summed E-state index contributed by atoms with van der Waals surface area (Å²) >= 11 is 1.32. The van der Waals surface area contributed by atoms with E-state index in [1.54, 1.807) is 12.5 Å². The van der Waals surface area contributed by atoms with Crippen molar-refractivity contribution in [3.05, 3.63) is 18.7 Å². The smallest absolute Gasteiger partial charge is 0.197 e. The van der Waals surface area contributed by atoms with Crippen LogP contribution in [0.3, 0.4) is 0 Å².